The van der Waals surface area contributed by atoms with Gasteiger partial charge >= 0.3 is 0 Å². The average Bonchev–Trinajstić information content (AvgIpc) is 2.93. The molecule has 5 heteroatoms. The monoisotopic (exact) mass is 350 g/mol. The molecule has 0 aliphatic heterocycles. The lowest BCUT2D eigenvalue weighted by atomic mass is 10.0. The van der Waals surface area contributed by atoms with Crippen LogP contribution in [0, 0.1) is 32.1 Å². The molecule has 0 bridgehead atoms. The Morgan fingerprint density at radius 3 is 2.48 bits per heavy atom. The standard InChI is InChI=1S/C20H19ClN4/c1-12-5-6-15(20-13(2)23-24-14(20)3)9-19(12)25(4)17-8-7-16(11-22)18(21)10-17/h5-10H,1-4H3,(H,23,24). The van der Waals surface area contributed by atoms with E-state index in [-0.39, 0.29) is 0 Å². The van der Waals surface area contributed by atoms with Gasteiger partial charge < -0.3 is 4.90 Å². The summed E-state index contributed by atoms with van der Waals surface area (Å²) >= 11 is 6.19. The molecule has 4 nitrogen and oxygen atoms in total. The topological polar surface area (TPSA) is 55.7 Å². The minimum Gasteiger partial charge on any atom is -0.344 e. The number of nitrogens with one attached hydrogen (secondary N) is 1. The van der Waals surface area contributed by atoms with Gasteiger partial charge in [0.1, 0.15) is 6.07 Å². The molecule has 1 heterocycles. The number of hydrogen-bond donors (Lipinski definition) is 1. The van der Waals surface area contributed by atoms with Crippen LogP contribution in [0.25, 0.3) is 11.1 Å². The van der Waals surface area contributed by atoms with E-state index in [2.05, 4.69) is 46.3 Å². The van der Waals surface area contributed by atoms with Gasteiger partial charge in [-0.1, -0.05) is 23.7 Å². The van der Waals surface area contributed by atoms with E-state index in [4.69, 9.17) is 16.9 Å². The Labute approximate surface area is 152 Å². The van der Waals surface area contributed by atoms with Crippen LogP contribution in [-0.2, 0) is 0 Å². The molecule has 0 radical (unpaired) electrons. The minimum absolute atomic E-state index is 0.460. The number of aryl methyl sites for hydroxylation is 3. The normalized spacial score (nSPS) is 10.6. The highest BCUT2D eigenvalue weighted by atomic mass is 35.5. The first kappa shape index (κ1) is 17.1. The Balaban J connectivity index is 2.06. The summed E-state index contributed by atoms with van der Waals surface area (Å²) in [5.74, 6) is 0. The highest BCUT2D eigenvalue weighted by Crippen LogP contribution is 2.34. The predicted octanol–water partition coefficient (Wildman–Crippen LogP) is 5.29. The second-order valence-electron chi connectivity index (χ2n) is 6.15. The molecule has 0 aliphatic carbocycles. The fourth-order valence-corrected chi connectivity index (χ4v) is 3.26. The molecule has 1 aromatic heterocycles. The van der Waals surface area contributed by atoms with Crippen LogP contribution in [-0.4, -0.2) is 17.2 Å². The number of rotatable bonds is 3. The average molecular weight is 351 g/mol. The second kappa shape index (κ2) is 6.62. The molecule has 0 aliphatic rings. The van der Waals surface area contributed by atoms with Gasteiger partial charge in [-0.3, -0.25) is 5.10 Å². The molecule has 0 fully saturated rings. The number of aromatic nitrogens is 2. The Kier molecular flexibility index (Phi) is 4.52. The predicted molar refractivity (Wildman–Crippen MR) is 102 cm³/mol. The van der Waals surface area contributed by atoms with E-state index in [0.717, 1.165) is 39.5 Å². The van der Waals surface area contributed by atoms with Crippen LogP contribution < -0.4 is 4.90 Å². The van der Waals surface area contributed by atoms with E-state index in [0.29, 0.717) is 10.6 Å². The molecule has 3 rings (SSSR count). The van der Waals surface area contributed by atoms with Crippen molar-refractivity contribution >= 4 is 23.0 Å². The van der Waals surface area contributed by atoms with Crippen LogP contribution in [0.4, 0.5) is 11.4 Å². The molecule has 126 valence electrons. The summed E-state index contributed by atoms with van der Waals surface area (Å²) < 4.78 is 0. The first-order chi connectivity index (χ1) is 11.9. The summed E-state index contributed by atoms with van der Waals surface area (Å²) in [7, 11) is 2.00. The molecular weight excluding hydrogens is 332 g/mol. The fraction of sp³-hybridized carbons (Fsp3) is 0.200. The lowest BCUT2D eigenvalue weighted by molar-refractivity contribution is 1.02. The molecule has 25 heavy (non-hydrogen) atoms. The van der Waals surface area contributed by atoms with Gasteiger partial charge in [0.05, 0.1) is 16.3 Å². The lowest BCUT2D eigenvalue weighted by Gasteiger charge is -2.23. The SMILES string of the molecule is Cc1ccc(-c2c(C)n[nH]c2C)cc1N(C)c1ccc(C#N)c(Cl)c1. The van der Waals surface area contributed by atoms with Gasteiger partial charge in [-0.25, -0.2) is 0 Å². The third-order valence-corrected chi connectivity index (χ3v) is 4.76. The summed E-state index contributed by atoms with van der Waals surface area (Å²) in [5, 5.41) is 16.8. The summed E-state index contributed by atoms with van der Waals surface area (Å²) in [6.45, 7) is 6.11. The first-order valence-corrected chi connectivity index (χ1v) is 8.36. The molecule has 3 aromatic rings. The third-order valence-electron chi connectivity index (χ3n) is 4.45. The van der Waals surface area contributed by atoms with E-state index >= 15 is 0 Å². The number of aromatic amines is 1. The number of H-pyrrole nitrogens is 1. The number of nitriles is 1. The summed E-state index contributed by atoms with van der Waals surface area (Å²) in [6, 6.07) is 13.9. The van der Waals surface area contributed by atoms with E-state index in [1.165, 1.54) is 0 Å². The molecule has 0 spiro atoms. The number of halogens is 1. The fourth-order valence-electron chi connectivity index (χ4n) is 3.04. The Bertz CT molecular complexity index is 962. The van der Waals surface area contributed by atoms with Crippen LogP contribution in [0.2, 0.25) is 5.02 Å². The van der Waals surface area contributed by atoms with Gasteiger partial charge in [-0.05, 0) is 56.2 Å². The second-order valence-corrected chi connectivity index (χ2v) is 6.55. The maximum Gasteiger partial charge on any atom is 0.101 e. The molecule has 0 amide bonds. The Hall–Kier alpha value is -2.77. The van der Waals surface area contributed by atoms with Crippen molar-refractivity contribution in [3.63, 3.8) is 0 Å². The van der Waals surface area contributed by atoms with E-state index in [1.807, 2.05) is 33.0 Å². The molecule has 1 N–H and O–H groups in total. The third kappa shape index (κ3) is 3.11. The van der Waals surface area contributed by atoms with Crippen molar-refractivity contribution in [3.05, 3.63) is 63.9 Å². The number of benzene rings is 2. The van der Waals surface area contributed by atoms with Crippen LogP contribution in [0.15, 0.2) is 36.4 Å². The smallest absolute Gasteiger partial charge is 0.101 e. The maximum atomic E-state index is 9.05. The summed E-state index contributed by atoms with van der Waals surface area (Å²) in [6.07, 6.45) is 0. The zero-order valence-electron chi connectivity index (χ0n) is 14.7. The van der Waals surface area contributed by atoms with Crippen molar-refractivity contribution in [3.8, 4) is 17.2 Å². The van der Waals surface area contributed by atoms with Gasteiger partial charge in [0, 0.05) is 29.7 Å². The highest BCUT2D eigenvalue weighted by molar-refractivity contribution is 6.32. The molecule has 2 aromatic carbocycles. The van der Waals surface area contributed by atoms with Gasteiger partial charge in [-0.2, -0.15) is 10.4 Å². The quantitative estimate of drug-likeness (QED) is 0.697. The van der Waals surface area contributed by atoms with Crippen LogP contribution in [0.3, 0.4) is 0 Å². The molecule has 0 atom stereocenters. The summed E-state index contributed by atoms with van der Waals surface area (Å²) in [4.78, 5) is 2.08. The van der Waals surface area contributed by atoms with Crippen molar-refractivity contribution in [2.75, 3.05) is 11.9 Å². The van der Waals surface area contributed by atoms with E-state index < -0.39 is 0 Å². The molecular formula is C20H19ClN4. The van der Waals surface area contributed by atoms with Crippen molar-refractivity contribution in [1.29, 1.82) is 5.26 Å². The minimum atomic E-state index is 0.460. The lowest BCUT2D eigenvalue weighted by Crippen LogP contribution is -2.11. The van der Waals surface area contributed by atoms with Crippen molar-refractivity contribution in [2.45, 2.75) is 20.8 Å². The zero-order chi connectivity index (χ0) is 18.1. The maximum absolute atomic E-state index is 9.05. The van der Waals surface area contributed by atoms with E-state index in [9.17, 15) is 0 Å². The van der Waals surface area contributed by atoms with Crippen LogP contribution >= 0.6 is 11.6 Å². The van der Waals surface area contributed by atoms with E-state index in [1.54, 1.807) is 6.07 Å². The highest BCUT2D eigenvalue weighted by Gasteiger charge is 2.14. The molecule has 0 unspecified atom stereocenters. The Morgan fingerprint density at radius 2 is 1.88 bits per heavy atom. The van der Waals surface area contributed by atoms with Crippen LogP contribution in [0.1, 0.15) is 22.5 Å². The molecule has 0 saturated carbocycles. The van der Waals surface area contributed by atoms with Crippen molar-refractivity contribution in [1.82, 2.24) is 10.2 Å². The van der Waals surface area contributed by atoms with Gasteiger partial charge in [0.2, 0.25) is 0 Å². The number of anilines is 2. The summed E-state index contributed by atoms with van der Waals surface area (Å²) in [5.41, 5.74) is 7.94. The number of nitrogens with zero attached hydrogens (tertiary/aromatic N) is 3. The van der Waals surface area contributed by atoms with Gasteiger partial charge in [0.15, 0.2) is 0 Å². The van der Waals surface area contributed by atoms with Crippen molar-refractivity contribution < 1.29 is 0 Å². The van der Waals surface area contributed by atoms with Crippen molar-refractivity contribution in [2.24, 2.45) is 0 Å². The van der Waals surface area contributed by atoms with Gasteiger partial charge in [-0.15, -0.1) is 0 Å². The molecule has 0 saturated heterocycles. The largest absolute Gasteiger partial charge is 0.344 e. The van der Waals surface area contributed by atoms with Gasteiger partial charge in [0.25, 0.3) is 0 Å². The first-order valence-electron chi connectivity index (χ1n) is 7.98. The number of hydrogen-bond acceptors (Lipinski definition) is 3. The Morgan fingerprint density at radius 1 is 1.12 bits per heavy atom. The van der Waals surface area contributed by atoms with Crippen LogP contribution in [0.5, 0.6) is 0 Å². The zero-order valence-corrected chi connectivity index (χ0v) is 15.4.